The van der Waals surface area contributed by atoms with Gasteiger partial charge in [0.1, 0.15) is 17.3 Å². The highest BCUT2D eigenvalue weighted by atomic mass is 16.5. The molecule has 26 heavy (non-hydrogen) atoms. The summed E-state index contributed by atoms with van der Waals surface area (Å²) in [5.41, 5.74) is 4.25. The van der Waals surface area contributed by atoms with Crippen molar-refractivity contribution in [3.63, 3.8) is 0 Å². The molecule has 0 N–H and O–H groups in total. The Kier molecular flexibility index (Phi) is 4.32. The Bertz CT molecular complexity index is 1040. The lowest BCUT2D eigenvalue weighted by molar-refractivity contribution is 0.414. The highest BCUT2D eigenvalue weighted by Gasteiger charge is 2.16. The average molecular weight is 344 g/mol. The largest absolute Gasteiger partial charge is 0.497 e. The van der Waals surface area contributed by atoms with Crippen LogP contribution in [0.4, 0.5) is 0 Å². The molecular weight excluding hydrogens is 324 g/mol. The zero-order valence-electron chi connectivity index (χ0n) is 14.8. The third-order valence-electron chi connectivity index (χ3n) is 4.50. The zero-order chi connectivity index (χ0) is 17.9. The van der Waals surface area contributed by atoms with E-state index in [9.17, 15) is 0 Å². The van der Waals surface area contributed by atoms with Gasteiger partial charge in [0.25, 0.3) is 0 Å². The second-order valence-electron chi connectivity index (χ2n) is 6.06. The van der Waals surface area contributed by atoms with Gasteiger partial charge in [-0.3, -0.25) is 0 Å². The highest BCUT2D eigenvalue weighted by Crippen LogP contribution is 2.32. The summed E-state index contributed by atoms with van der Waals surface area (Å²) in [6.45, 7) is 0.720. The number of benzene rings is 3. The summed E-state index contributed by atoms with van der Waals surface area (Å²) in [6.07, 6.45) is 0. The van der Waals surface area contributed by atoms with Crippen molar-refractivity contribution < 1.29 is 9.47 Å². The van der Waals surface area contributed by atoms with E-state index in [-0.39, 0.29) is 0 Å². The number of imidazole rings is 1. The van der Waals surface area contributed by atoms with E-state index in [0.29, 0.717) is 0 Å². The lowest BCUT2D eigenvalue weighted by Crippen LogP contribution is -2.03. The fraction of sp³-hybridized carbons (Fsp3) is 0.136. The normalized spacial score (nSPS) is 10.8. The van der Waals surface area contributed by atoms with E-state index >= 15 is 0 Å². The van der Waals surface area contributed by atoms with Gasteiger partial charge in [0.2, 0.25) is 0 Å². The molecule has 0 radical (unpaired) electrons. The number of hydrogen-bond acceptors (Lipinski definition) is 3. The van der Waals surface area contributed by atoms with Gasteiger partial charge in [-0.1, -0.05) is 36.4 Å². The maximum atomic E-state index is 5.56. The molecule has 4 heteroatoms. The quantitative estimate of drug-likeness (QED) is 0.523. The highest BCUT2D eigenvalue weighted by molar-refractivity contribution is 5.82. The molecule has 130 valence electrons. The smallest absolute Gasteiger partial charge is 0.145 e. The lowest BCUT2D eigenvalue weighted by atomic mass is 10.1. The van der Waals surface area contributed by atoms with Crippen molar-refractivity contribution in [1.82, 2.24) is 9.55 Å². The van der Waals surface area contributed by atoms with Gasteiger partial charge in [0, 0.05) is 6.54 Å². The summed E-state index contributed by atoms with van der Waals surface area (Å²) in [6, 6.07) is 24.3. The molecule has 0 aliphatic carbocycles. The summed E-state index contributed by atoms with van der Waals surface area (Å²) in [5, 5.41) is 0. The molecule has 0 bridgehead atoms. The lowest BCUT2D eigenvalue weighted by Gasteiger charge is -2.12. The van der Waals surface area contributed by atoms with Crippen LogP contribution >= 0.6 is 0 Å². The SMILES string of the molecule is COc1ccc(Cn2c(-c3ccccc3OC)nc3ccccc32)cc1. The first-order valence-electron chi connectivity index (χ1n) is 8.52. The predicted octanol–water partition coefficient (Wildman–Crippen LogP) is 4.77. The van der Waals surface area contributed by atoms with Crippen molar-refractivity contribution in [1.29, 1.82) is 0 Å². The van der Waals surface area contributed by atoms with Gasteiger partial charge in [-0.25, -0.2) is 4.98 Å². The van der Waals surface area contributed by atoms with Crippen LogP contribution in [-0.2, 0) is 6.54 Å². The molecule has 0 spiro atoms. The Morgan fingerprint density at radius 3 is 2.31 bits per heavy atom. The zero-order valence-corrected chi connectivity index (χ0v) is 14.8. The van der Waals surface area contributed by atoms with Gasteiger partial charge in [0.05, 0.1) is 30.8 Å². The van der Waals surface area contributed by atoms with E-state index < -0.39 is 0 Å². The molecular formula is C22H20N2O2. The van der Waals surface area contributed by atoms with Crippen molar-refractivity contribution in [3.05, 3.63) is 78.4 Å². The van der Waals surface area contributed by atoms with Crippen LogP contribution in [0.25, 0.3) is 22.4 Å². The standard InChI is InChI=1S/C22H20N2O2/c1-25-17-13-11-16(12-14-17)15-24-20-9-5-4-8-19(20)23-22(24)18-7-3-6-10-21(18)26-2/h3-14H,15H2,1-2H3. The van der Waals surface area contributed by atoms with E-state index in [1.165, 1.54) is 5.56 Å². The topological polar surface area (TPSA) is 36.3 Å². The molecule has 4 nitrogen and oxygen atoms in total. The number of aromatic nitrogens is 2. The minimum absolute atomic E-state index is 0.720. The molecule has 0 amide bonds. The monoisotopic (exact) mass is 344 g/mol. The van der Waals surface area contributed by atoms with Gasteiger partial charge in [-0.15, -0.1) is 0 Å². The van der Waals surface area contributed by atoms with E-state index in [4.69, 9.17) is 14.5 Å². The number of hydrogen-bond donors (Lipinski definition) is 0. The first kappa shape index (κ1) is 16.2. The summed E-state index contributed by atoms with van der Waals surface area (Å²) >= 11 is 0. The van der Waals surface area contributed by atoms with Crippen molar-refractivity contribution in [2.24, 2.45) is 0 Å². The molecule has 0 unspecified atom stereocenters. The Morgan fingerprint density at radius 2 is 1.54 bits per heavy atom. The van der Waals surface area contributed by atoms with E-state index in [0.717, 1.165) is 40.5 Å². The molecule has 0 atom stereocenters. The molecule has 1 heterocycles. The number of para-hydroxylation sites is 3. The van der Waals surface area contributed by atoms with Crippen molar-refractivity contribution >= 4 is 11.0 Å². The first-order valence-corrected chi connectivity index (χ1v) is 8.52. The van der Waals surface area contributed by atoms with Crippen LogP contribution in [0.5, 0.6) is 11.5 Å². The molecule has 0 saturated carbocycles. The minimum Gasteiger partial charge on any atom is -0.497 e. The van der Waals surface area contributed by atoms with Gasteiger partial charge in [-0.05, 0) is 42.0 Å². The summed E-state index contributed by atoms with van der Waals surface area (Å²) < 4.78 is 13.1. The molecule has 0 aliphatic heterocycles. The Morgan fingerprint density at radius 1 is 0.808 bits per heavy atom. The van der Waals surface area contributed by atoms with Crippen LogP contribution in [0.3, 0.4) is 0 Å². The fourth-order valence-corrected chi connectivity index (χ4v) is 3.18. The van der Waals surface area contributed by atoms with Crippen molar-refractivity contribution in [3.8, 4) is 22.9 Å². The molecule has 4 rings (SSSR count). The van der Waals surface area contributed by atoms with Crippen LogP contribution in [0.15, 0.2) is 72.8 Å². The predicted molar refractivity (Wildman–Crippen MR) is 104 cm³/mol. The fourth-order valence-electron chi connectivity index (χ4n) is 3.18. The second-order valence-corrected chi connectivity index (χ2v) is 6.06. The number of nitrogens with zero attached hydrogens (tertiary/aromatic N) is 2. The Labute approximate surface area is 152 Å². The third-order valence-corrected chi connectivity index (χ3v) is 4.50. The average Bonchev–Trinajstić information content (AvgIpc) is 3.07. The molecule has 4 aromatic rings. The van der Waals surface area contributed by atoms with Crippen molar-refractivity contribution in [2.45, 2.75) is 6.54 Å². The maximum Gasteiger partial charge on any atom is 0.145 e. The van der Waals surface area contributed by atoms with Crippen LogP contribution in [0, 0.1) is 0 Å². The van der Waals surface area contributed by atoms with Gasteiger partial charge >= 0.3 is 0 Å². The van der Waals surface area contributed by atoms with Crippen molar-refractivity contribution in [2.75, 3.05) is 14.2 Å². The first-order chi connectivity index (χ1) is 12.8. The second kappa shape index (κ2) is 6.92. The van der Waals surface area contributed by atoms with Gasteiger partial charge in [0.15, 0.2) is 0 Å². The summed E-state index contributed by atoms with van der Waals surface area (Å²) in [7, 11) is 3.37. The molecule has 1 aromatic heterocycles. The molecule has 3 aromatic carbocycles. The van der Waals surface area contributed by atoms with Crippen LogP contribution in [0.2, 0.25) is 0 Å². The van der Waals surface area contributed by atoms with E-state index in [1.807, 2.05) is 54.6 Å². The summed E-state index contributed by atoms with van der Waals surface area (Å²) in [4.78, 5) is 4.88. The molecule has 0 fully saturated rings. The third kappa shape index (κ3) is 2.90. The Hall–Kier alpha value is -3.27. The summed E-state index contributed by atoms with van der Waals surface area (Å²) in [5.74, 6) is 2.58. The van der Waals surface area contributed by atoms with Gasteiger partial charge in [-0.2, -0.15) is 0 Å². The van der Waals surface area contributed by atoms with E-state index in [1.54, 1.807) is 14.2 Å². The van der Waals surface area contributed by atoms with Crippen LogP contribution in [0.1, 0.15) is 5.56 Å². The molecule has 0 saturated heterocycles. The number of ether oxygens (including phenoxy) is 2. The maximum absolute atomic E-state index is 5.56. The Balaban J connectivity index is 1.86. The van der Waals surface area contributed by atoms with E-state index in [2.05, 4.69) is 22.8 Å². The minimum atomic E-state index is 0.720. The van der Waals surface area contributed by atoms with Gasteiger partial charge < -0.3 is 14.0 Å². The van der Waals surface area contributed by atoms with Crippen LogP contribution < -0.4 is 9.47 Å². The number of rotatable bonds is 5. The molecule has 0 aliphatic rings. The number of fused-ring (bicyclic) bond motifs is 1. The van der Waals surface area contributed by atoms with Crippen LogP contribution in [-0.4, -0.2) is 23.8 Å². The number of methoxy groups -OCH3 is 2.